The molecular weight excluding hydrogens is 339 g/mol. The second kappa shape index (κ2) is 8.18. The number of hydrogen-bond donors (Lipinski definition) is 1. The number of halogens is 3. The fourth-order valence-electron chi connectivity index (χ4n) is 1.90. The first-order valence-corrected chi connectivity index (χ1v) is 7.13. The molecule has 0 unspecified atom stereocenters. The topological polar surface area (TPSA) is 64.6 Å². The van der Waals surface area contributed by atoms with Crippen LogP contribution in [0.15, 0.2) is 42.5 Å². The first-order valence-electron chi connectivity index (χ1n) is 7.13. The summed E-state index contributed by atoms with van der Waals surface area (Å²) in [5.41, 5.74) is 0.988. The van der Waals surface area contributed by atoms with Crippen LogP contribution in [0.3, 0.4) is 0 Å². The van der Waals surface area contributed by atoms with Crippen molar-refractivity contribution in [2.24, 2.45) is 0 Å². The summed E-state index contributed by atoms with van der Waals surface area (Å²) >= 11 is 0. The quantitative estimate of drug-likeness (QED) is 0.807. The second-order valence-corrected chi connectivity index (χ2v) is 4.99. The highest BCUT2D eigenvalue weighted by atomic mass is 19.3. The zero-order chi connectivity index (χ0) is 18.4. The molecule has 0 radical (unpaired) electrons. The molecule has 0 bridgehead atoms. The number of anilines is 1. The summed E-state index contributed by atoms with van der Waals surface area (Å²) in [6.45, 7) is -1.86. The third-order valence-electron chi connectivity index (χ3n) is 3.12. The maximum atomic E-state index is 13.2. The Hall–Kier alpha value is -3.03. The lowest BCUT2D eigenvalue weighted by atomic mass is 10.2. The van der Waals surface area contributed by atoms with Crippen LogP contribution < -0.4 is 10.1 Å². The second-order valence-electron chi connectivity index (χ2n) is 4.99. The molecule has 0 spiro atoms. The SMILES string of the molecule is Cc1ccc(F)cc1NC(=O)COC(=O)c1ccc(OC(F)F)cc1. The Kier molecular flexibility index (Phi) is 5.99. The molecule has 8 heteroatoms. The minimum absolute atomic E-state index is 0.0661. The fourth-order valence-corrected chi connectivity index (χ4v) is 1.90. The van der Waals surface area contributed by atoms with Crippen molar-refractivity contribution in [3.05, 3.63) is 59.4 Å². The number of ether oxygens (including phenoxy) is 2. The molecule has 0 aliphatic carbocycles. The first-order chi connectivity index (χ1) is 11.8. The van der Waals surface area contributed by atoms with E-state index < -0.39 is 30.9 Å². The number of nitrogens with one attached hydrogen (secondary N) is 1. The fraction of sp³-hybridized carbons (Fsp3) is 0.176. The summed E-state index contributed by atoms with van der Waals surface area (Å²) in [6.07, 6.45) is 0. The number of rotatable bonds is 6. The lowest BCUT2D eigenvalue weighted by Crippen LogP contribution is -2.21. The predicted molar refractivity (Wildman–Crippen MR) is 83.1 cm³/mol. The number of alkyl halides is 2. The van der Waals surface area contributed by atoms with Crippen molar-refractivity contribution in [3.8, 4) is 5.75 Å². The van der Waals surface area contributed by atoms with Crippen LogP contribution in [-0.2, 0) is 9.53 Å². The Balaban J connectivity index is 1.88. The molecule has 132 valence electrons. The van der Waals surface area contributed by atoms with Crippen molar-refractivity contribution in [3.63, 3.8) is 0 Å². The molecule has 1 amide bonds. The minimum Gasteiger partial charge on any atom is -0.452 e. The van der Waals surface area contributed by atoms with Crippen LogP contribution in [-0.4, -0.2) is 25.1 Å². The van der Waals surface area contributed by atoms with Crippen molar-refractivity contribution < 1.29 is 32.2 Å². The van der Waals surface area contributed by atoms with Crippen LogP contribution in [0, 0.1) is 12.7 Å². The monoisotopic (exact) mass is 353 g/mol. The number of carbonyl (C=O) groups excluding carboxylic acids is 2. The Morgan fingerprint density at radius 1 is 1.12 bits per heavy atom. The zero-order valence-electron chi connectivity index (χ0n) is 13.1. The van der Waals surface area contributed by atoms with Gasteiger partial charge in [0.2, 0.25) is 0 Å². The summed E-state index contributed by atoms with van der Waals surface area (Å²) in [5, 5.41) is 2.43. The summed E-state index contributed by atoms with van der Waals surface area (Å²) in [5.74, 6) is -2.07. The van der Waals surface area contributed by atoms with E-state index in [0.717, 1.165) is 6.07 Å². The van der Waals surface area contributed by atoms with Gasteiger partial charge in [0.15, 0.2) is 6.61 Å². The number of benzene rings is 2. The third-order valence-corrected chi connectivity index (χ3v) is 3.12. The van der Waals surface area contributed by atoms with Gasteiger partial charge in [0.05, 0.1) is 5.56 Å². The summed E-state index contributed by atoms with van der Waals surface area (Å²) in [4.78, 5) is 23.6. The van der Waals surface area contributed by atoms with E-state index in [1.54, 1.807) is 6.92 Å². The smallest absolute Gasteiger partial charge is 0.387 e. The van der Waals surface area contributed by atoms with Crippen molar-refractivity contribution in [1.29, 1.82) is 0 Å². The highest BCUT2D eigenvalue weighted by Crippen LogP contribution is 2.17. The average molecular weight is 353 g/mol. The van der Waals surface area contributed by atoms with E-state index in [1.165, 1.54) is 36.4 Å². The van der Waals surface area contributed by atoms with Crippen molar-refractivity contribution in [1.82, 2.24) is 0 Å². The molecule has 2 rings (SSSR count). The molecule has 5 nitrogen and oxygen atoms in total. The number of aryl methyl sites for hydroxylation is 1. The average Bonchev–Trinajstić information content (AvgIpc) is 2.56. The van der Waals surface area contributed by atoms with Gasteiger partial charge in [-0.15, -0.1) is 0 Å². The molecule has 2 aromatic rings. The first kappa shape index (κ1) is 18.3. The van der Waals surface area contributed by atoms with E-state index in [9.17, 15) is 22.8 Å². The Morgan fingerprint density at radius 2 is 1.80 bits per heavy atom. The minimum atomic E-state index is -2.97. The van der Waals surface area contributed by atoms with Gasteiger partial charge in [0.25, 0.3) is 5.91 Å². The molecule has 0 fully saturated rings. The molecule has 0 aliphatic heterocycles. The van der Waals surface area contributed by atoms with Gasteiger partial charge >= 0.3 is 12.6 Å². The van der Waals surface area contributed by atoms with Crippen molar-refractivity contribution >= 4 is 17.6 Å². The van der Waals surface area contributed by atoms with Gasteiger partial charge in [0.1, 0.15) is 11.6 Å². The van der Waals surface area contributed by atoms with E-state index in [2.05, 4.69) is 10.1 Å². The van der Waals surface area contributed by atoms with Gasteiger partial charge in [-0.1, -0.05) is 6.07 Å². The molecular formula is C17H14F3NO4. The van der Waals surface area contributed by atoms with E-state index in [1.807, 2.05) is 0 Å². The molecule has 0 aliphatic rings. The lowest BCUT2D eigenvalue weighted by molar-refractivity contribution is -0.119. The van der Waals surface area contributed by atoms with Crippen LogP contribution in [0.2, 0.25) is 0 Å². The maximum absolute atomic E-state index is 13.2. The summed E-state index contributed by atoms with van der Waals surface area (Å²) in [6, 6.07) is 8.73. The van der Waals surface area contributed by atoms with E-state index in [-0.39, 0.29) is 17.0 Å². The molecule has 0 aromatic heterocycles. The van der Waals surface area contributed by atoms with Gasteiger partial charge in [-0.25, -0.2) is 9.18 Å². The highest BCUT2D eigenvalue weighted by molar-refractivity contribution is 5.95. The van der Waals surface area contributed by atoms with Gasteiger partial charge in [-0.3, -0.25) is 4.79 Å². The van der Waals surface area contributed by atoms with E-state index >= 15 is 0 Å². The zero-order valence-corrected chi connectivity index (χ0v) is 13.1. The lowest BCUT2D eigenvalue weighted by Gasteiger charge is -2.09. The van der Waals surface area contributed by atoms with Gasteiger partial charge < -0.3 is 14.8 Å². The molecule has 2 aromatic carbocycles. The van der Waals surface area contributed by atoms with Gasteiger partial charge in [-0.2, -0.15) is 8.78 Å². The highest BCUT2D eigenvalue weighted by Gasteiger charge is 2.12. The third kappa shape index (κ3) is 5.52. The largest absolute Gasteiger partial charge is 0.452 e. The van der Waals surface area contributed by atoms with Crippen LogP contribution in [0.4, 0.5) is 18.9 Å². The molecule has 0 atom stereocenters. The van der Waals surface area contributed by atoms with E-state index in [4.69, 9.17) is 4.74 Å². The predicted octanol–water partition coefficient (Wildman–Crippen LogP) is 3.53. The van der Waals surface area contributed by atoms with Gasteiger partial charge in [0, 0.05) is 5.69 Å². The normalized spacial score (nSPS) is 10.4. The molecule has 0 saturated carbocycles. The number of amides is 1. The molecule has 0 saturated heterocycles. The van der Waals surface area contributed by atoms with Gasteiger partial charge in [-0.05, 0) is 48.9 Å². The van der Waals surface area contributed by atoms with Crippen LogP contribution in [0.25, 0.3) is 0 Å². The van der Waals surface area contributed by atoms with Crippen molar-refractivity contribution in [2.45, 2.75) is 13.5 Å². The van der Waals surface area contributed by atoms with Crippen LogP contribution in [0.1, 0.15) is 15.9 Å². The van der Waals surface area contributed by atoms with Crippen molar-refractivity contribution in [2.75, 3.05) is 11.9 Å². The number of carbonyl (C=O) groups is 2. The molecule has 0 heterocycles. The number of esters is 1. The van der Waals surface area contributed by atoms with Crippen LogP contribution >= 0.6 is 0 Å². The van der Waals surface area contributed by atoms with E-state index in [0.29, 0.717) is 5.56 Å². The molecule has 25 heavy (non-hydrogen) atoms. The Labute approximate surface area is 141 Å². The Bertz CT molecular complexity index is 763. The summed E-state index contributed by atoms with van der Waals surface area (Å²) in [7, 11) is 0. The standard InChI is InChI=1S/C17H14F3NO4/c1-10-2-5-12(18)8-14(10)21-15(22)9-24-16(23)11-3-6-13(7-4-11)25-17(19)20/h2-8,17H,9H2,1H3,(H,21,22). The Morgan fingerprint density at radius 3 is 2.44 bits per heavy atom. The number of hydrogen-bond acceptors (Lipinski definition) is 4. The van der Waals surface area contributed by atoms with Crippen LogP contribution in [0.5, 0.6) is 5.75 Å². The molecule has 1 N–H and O–H groups in total. The maximum Gasteiger partial charge on any atom is 0.387 e. The summed E-state index contributed by atoms with van der Waals surface area (Å²) < 4.78 is 46.2.